The minimum Gasteiger partial charge on any atom is -0.495 e. The van der Waals surface area contributed by atoms with Crippen molar-refractivity contribution in [1.82, 2.24) is 0 Å². The molecule has 0 unspecified atom stereocenters. The largest absolute Gasteiger partial charge is 0.495 e. The molecule has 0 amide bonds. The number of rotatable bonds is 8. The number of benzene rings is 3. The van der Waals surface area contributed by atoms with Crippen LogP contribution in [0.4, 0.5) is 15.8 Å². The van der Waals surface area contributed by atoms with Gasteiger partial charge >= 0.3 is 0 Å². The van der Waals surface area contributed by atoms with Crippen LogP contribution in [0.5, 0.6) is 5.75 Å². The van der Waals surface area contributed by atoms with Gasteiger partial charge < -0.3 is 4.74 Å². The van der Waals surface area contributed by atoms with Crippen LogP contribution >= 0.6 is 0 Å². The minimum absolute atomic E-state index is 0.0941. The van der Waals surface area contributed by atoms with Crippen LogP contribution < -0.4 is 14.2 Å². The van der Waals surface area contributed by atoms with E-state index in [-0.39, 0.29) is 27.8 Å². The molecule has 10 heteroatoms. The van der Waals surface area contributed by atoms with E-state index in [0.717, 1.165) is 5.56 Å². The fourth-order valence-corrected chi connectivity index (χ4v) is 4.66. The Morgan fingerprint density at radius 2 is 1.58 bits per heavy atom. The van der Waals surface area contributed by atoms with Gasteiger partial charge in [0.05, 0.1) is 24.2 Å². The number of halogens is 1. The van der Waals surface area contributed by atoms with Crippen LogP contribution in [0.15, 0.2) is 71.6 Å². The Morgan fingerprint density at radius 1 is 0.871 bits per heavy atom. The quantitative estimate of drug-likeness (QED) is 0.523. The minimum atomic E-state index is -4.24. The summed E-state index contributed by atoms with van der Waals surface area (Å²) in [7, 11) is -6.53. The van der Waals surface area contributed by atoms with Crippen LogP contribution in [0.3, 0.4) is 0 Å². The van der Waals surface area contributed by atoms with Crippen LogP contribution in [-0.2, 0) is 20.0 Å². The molecule has 0 radical (unpaired) electrons. The topological polar surface area (TPSA) is 102 Å². The average Bonchev–Trinajstić information content (AvgIpc) is 2.75. The van der Waals surface area contributed by atoms with Crippen molar-refractivity contribution in [2.45, 2.75) is 11.8 Å². The maximum absolute atomic E-state index is 14.4. The summed E-state index contributed by atoms with van der Waals surface area (Å²) in [6.07, 6.45) is 0. The first-order valence-electron chi connectivity index (χ1n) is 9.21. The Morgan fingerprint density at radius 3 is 2.23 bits per heavy atom. The van der Waals surface area contributed by atoms with Crippen molar-refractivity contribution in [3.63, 3.8) is 0 Å². The molecule has 31 heavy (non-hydrogen) atoms. The number of sulfonamides is 2. The van der Waals surface area contributed by atoms with Crippen LogP contribution in [0.2, 0.25) is 0 Å². The van der Waals surface area contributed by atoms with Crippen molar-refractivity contribution in [3.8, 4) is 16.9 Å². The summed E-state index contributed by atoms with van der Waals surface area (Å²) in [6, 6.07) is 17.0. The lowest BCUT2D eigenvalue weighted by Gasteiger charge is -2.15. The van der Waals surface area contributed by atoms with E-state index >= 15 is 0 Å². The Balaban J connectivity index is 1.96. The van der Waals surface area contributed by atoms with Gasteiger partial charge in [-0.15, -0.1) is 0 Å². The van der Waals surface area contributed by atoms with Gasteiger partial charge in [-0.2, -0.15) is 0 Å². The SMILES string of the molecule is CCS(=O)(=O)Nc1ccc(S(=O)(=O)Nc2cc(-c3ccccc3)ccc2F)c(OC)c1. The molecule has 3 aromatic carbocycles. The van der Waals surface area contributed by atoms with Crippen molar-refractivity contribution < 1.29 is 26.0 Å². The van der Waals surface area contributed by atoms with Gasteiger partial charge in [0.2, 0.25) is 10.0 Å². The van der Waals surface area contributed by atoms with E-state index in [4.69, 9.17) is 4.74 Å². The van der Waals surface area contributed by atoms with Gasteiger partial charge in [-0.25, -0.2) is 21.2 Å². The Labute approximate surface area is 181 Å². The molecule has 0 saturated carbocycles. The van der Waals surface area contributed by atoms with E-state index in [1.54, 1.807) is 6.07 Å². The maximum atomic E-state index is 14.4. The first-order chi connectivity index (χ1) is 14.6. The van der Waals surface area contributed by atoms with Crippen LogP contribution in [0.25, 0.3) is 11.1 Å². The number of hydrogen-bond donors (Lipinski definition) is 2. The monoisotopic (exact) mass is 464 g/mol. The normalized spacial score (nSPS) is 11.7. The summed E-state index contributed by atoms with van der Waals surface area (Å²) in [5, 5.41) is 0. The van der Waals surface area contributed by atoms with Crippen LogP contribution in [0, 0.1) is 5.82 Å². The molecular weight excluding hydrogens is 443 g/mol. The average molecular weight is 465 g/mol. The Hall–Kier alpha value is -3.11. The summed E-state index contributed by atoms with van der Waals surface area (Å²) in [6.45, 7) is 1.47. The predicted octanol–water partition coefficient (Wildman–Crippen LogP) is 4.06. The van der Waals surface area contributed by atoms with Gasteiger partial charge in [-0.3, -0.25) is 9.44 Å². The van der Waals surface area contributed by atoms with E-state index in [0.29, 0.717) is 5.56 Å². The zero-order valence-corrected chi connectivity index (χ0v) is 18.4. The smallest absolute Gasteiger partial charge is 0.265 e. The first-order valence-corrected chi connectivity index (χ1v) is 12.3. The number of anilines is 2. The molecule has 7 nitrogen and oxygen atoms in total. The highest BCUT2D eigenvalue weighted by Crippen LogP contribution is 2.31. The van der Waals surface area contributed by atoms with E-state index in [2.05, 4.69) is 9.44 Å². The van der Waals surface area contributed by atoms with Gasteiger partial charge in [-0.1, -0.05) is 36.4 Å². The van der Waals surface area contributed by atoms with Crippen LogP contribution in [-0.4, -0.2) is 29.7 Å². The van der Waals surface area contributed by atoms with Crippen molar-refractivity contribution in [2.75, 3.05) is 22.3 Å². The van der Waals surface area contributed by atoms with Gasteiger partial charge in [-0.05, 0) is 42.3 Å². The molecule has 0 aromatic heterocycles. The molecule has 0 aliphatic carbocycles. The van der Waals surface area contributed by atoms with Crippen molar-refractivity contribution in [2.24, 2.45) is 0 Å². The Kier molecular flexibility index (Phi) is 6.51. The molecule has 0 aliphatic heterocycles. The lowest BCUT2D eigenvalue weighted by Crippen LogP contribution is -2.17. The second-order valence-electron chi connectivity index (χ2n) is 6.54. The number of methoxy groups -OCH3 is 1. The highest BCUT2D eigenvalue weighted by molar-refractivity contribution is 7.93. The predicted molar refractivity (Wildman–Crippen MR) is 119 cm³/mol. The van der Waals surface area contributed by atoms with Gasteiger partial charge in [0, 0.05) is 6.07 Å². The van der Waals surface area contributed by atoms with E-state index in [9.17, 15) is 21.2 Å². The number of nitrogens with one attached hydrogen (secondary N) is 2. The van der Waals surface area contributed by atoms with Gasteiger partial charge in [0.1, 0.15) is 16.5 Å². The Bertz CT molecular complexity index is 1290. The standard InChI is InChI=1S/C21H21FN2O5S2/c1-3-30(25,26)23-17-10-12-21(20(14-17)29-2)31(27,28)24-19-13-16(9-11-18(19)22)15-7-5-4-6-8-15/h4-14,23-24H,3H2,1-2H3. The molecule has 0 fully saturated rings. The molecule has 0 aliphatic rings. The maximum Gasteiger partial charge on any atom is 0.265 e. The molecule has 0 bridgehead atoms. The molecule has 2 N–H and O–H groups in total. The zero-order valence-electron chi connectivity index (χ0n) is 16.8. The number of ether oxygens (including phenoxy) is 1. The molecule has 0 atom stereocenters. The van der Waals surface area contributed by atoms with Crippen molar-refractivity contribution in [1.29, 1.82) is 0 Å². The summed E-state index contributed by atoms with van der Waals surface area (Å²) in [5.74, 6) is -0.980. The molecule has 0 saturated heterocycles. The molecule has 0 heterocycles. The lowest BCUT2D eigenvalue weighted by atomic mass is 10.1. The molecule has 3 aromatic rings. The first kappa shape index (κ1) is 22.6. The van der Waals surface area contributed by atoms with Gasteiger partial charge in [0.15, 0.2) is 0 Å². The molecule has 3 rings (SSSR count). The summed E-state index contributed by atoms with van der Waals surface area (Å²) in [5.41, 5.74) is 1.36. The van der Waals surface area contributed by atoms with Crippen molar-refractivity contribution in [3.05, 3.63) is 72.5 Å². The van der Waals surface area contributed by atoms with Gasteiger partial charge in [0.25, 0.3) is 10.0 Å². The van der Waals surface area contributed by atoms with E-state index in [1.807, 2.05) is 30.3 Å². The summed E-state index contributed by atoms with van der Waals surface area (Å²) < 4.78 is 73.5. The number of hydrogen-bond acceptors (Lipinski definition) is 5. The fraction of sp³-hybridized carbons (Fsp3) is 0.143. The van der Waals surface area contributed by atoms with E-state index in [1.165, 1.54) is 44.4 Å². The molecular formula is C21H21FN2O5S2. The third-order valence-electron chi connectivity index (χ3n) is 4.42. The molecule has 164 valence electrons. The second-order valence-corrected chi connectivity index (χ2v) is 10.2. The highest BCUT2D eigenvalue weighted by Gasteiger charge is 2.22. The lowest BCUT2D eigenvalue weighted by molar-refractivity contribution is 0.403. The third kappa shape index (κ3) is 5.33. The summed E-state index contributed by atoms with van der Waals surface area (Å²) >= 11 is 0. The second kappa shape index (κ2) is 8.94. The summed E-state index contributed by atoms with van der Waals surface area (Å²) in [4.78, 5) is -0.265. The van der Waals surface area contributed by atoms with Crippen LogP contribution in [0.1, 0.15) is 6.92 Å². The van der Waals surface area contributed by atoms with Crippen molar-refractivity contribution >= 4 is 31.4 Å². The molecule has 0 spiro atoms. The fourth-order valence-electron chi connectivity index (χ4n) is 2.82. The van der Waals surface area contributed by atoms with E-state index < -0.39 is 25.9 Å². The third-order valence-corrected chi connectivity index (χ3v) is 7.14. The highest BCUT2D eigenvalue weighted by atomic mass is 32.2. The zero-order chi connectivity index (χ0) is 22.6.